The summed E-state index contributed by atoms with van der Waals surface area (Å²) in [6.07, 6.45) is 0. The van der Waals surface area contributed by atoms with Crippen molar-refractivity contribution in [1.82, 2.24) is 0 Å². The van der Waals surface area contributed by atoms with Gasteiger partial charge in [-0.25, -0.2) is 0 Å². The molecule has 1 aromatic heterocycles. The number of nitrogens with zero attached hydrogens (tertiary/aromatic N) is 1. The number of furan rings is 1. The zero-order chi connectivity index (χ0) is 41.7. The molecule has 10 aromatic rings. The standard InChI is InChI=1S/C60H45NO/c1-59(2)53-19-11-8-16-46(53)48-32-26-41(36-55(48)59)42-34-51(58-52(35-42)50-18-10-13-21-57(50)62-58)40-24-29-44(30-25-40)61(43-27-22-39(23-28-43)38-14-6-5-7-15-38)45-31-33-49-47-17-9-12-20-54(47)60(3,4)56(49)37-45/h5-37H,1-4H3. The maximum atomic E-state index is 6.72. The molecule has 2 nitrogen and oxygen atoms in total. The fraction of sp³-hybridized carbons (Fsp3) is 0.100. The summed E-state index contributed by atoms with van der Waals surface area (Å²) in [6.45, 7) is 9.41. The minimum atomic E-state index is -0.115. The van der Waals surface area contributed by atoms with Crippen molar-refractivity contribution in [3.8, 4) is 55.6 Å². The number of hydrogen-bond acceptors (Lipinski definition) is 2. The number of anilines is 3. The van der Waals surface area contributed by atoms with Crippen LogP contribution < -0.4 is 4.90 Å². The number of hydrogen-bond donors (Lipinski definition) is 0. The second kappa shape index (κ2) is 13.5. The van der Waals surface area contributed by atoms with Crippen LogP contribution in [0.25, 0.3) is 77.6 Å². The topological polar surface area (TPSA) is 16.4 Å². The molecule has 0 unspecified atom stereocenters. The van der Waals surface area contributed by atoms with Gasteiger partial charge in [0, 0.05) is 44.2 Å². The summed E-state index contributed by atoms with van der Waals surface area (Å²) in [5.41, 5.74) is 22.7. The van der Waals surface area contributed by atoms with Crippen molar-refractivity contribution in [2.45, 2.75) is 38.5 Å². The lowest BCUT2D eigenvalue weighted by Gasteiger charge is -2.28. The summed E-state index contributed by atoms with van der Waals surface area (Å²) in [5.74, 6) is 0. The van der Waals surface area contributed by atoms with Crippen LogP contribution in [0, 0.1) is 0 Å². The van der Waals surface area contributed by atoms with Gasteiger partial charge in [0.05, 0.1) is 0 Å². The molecule has 0 bridgehead atoms. The van der Waals surface area contributed by atoms with Crippen molar-refractivity contribution in [1.29, 1.82) is 0 Å². The SMILES string of the molecule is CC1(C)c2ccccc2-c2ccc(-c3cc(-c4ccc(N(c5ccc(-c6ccccc6)cc5)c5ccc6c(c5)C(C)(C)c5ccccc5-6)cc4)c4oc5ccccc5c4c3)cc21. The molecule has 296 valence electrons. The number of rotatable bonds is 6. The van der Waals surface area contributed by atoms with E-state index in [4.69, 9.17) is 4.42 Å². The first-order chi connectivity index (χ1) is 30.2. The molecule has 2 aliphatic rings. The minimum Gasteiger partial charge on any atom is -0.455 e. The number of para-hydroxylation sites is 1. The van der Waals surface area contributed by atoms with Gasteiger partial charge in [0.15, 0.2) is 0 Å². The Morgan fingerprint density at radius 3 is 1.50 bits per heavy atom. The lowest BCUT2D eigenvalue weighted by molar-refractivity contribution is 0.660. The van der Waals surface area contributed by atoms with Gasteiger partial charge >= 0.3 is 0 Å². The molecule has 2 aliphatic carbocycles. The molecule has 9 aromatic carbocycles. The van der Waals surface area contributed by atoms with Crippen LogP contribution >= 0.6 is 0 Å². The maximum Gasteiger partial charge on any atom is 0.143 e. The Balaban J connectivity index is 0.989. The molecule has 0 saturated carbocycles. The van der Waals surface area contributed by atoms with Crippen LogP contribution in [0.2, 0.25) is 0 Å². The molecule has 62 heavy (non-hydrogen) atoms. The molecule has 0 radical (unpaired) electrons. The smallest absolute Gasteiger partial charge is 0.143 e. The fourth-order valence-electron chi connectivity index (χ4n) is 10.6. The lowest BCUT2D eigenvalue weighted by Crippen LogP contribution is -2.16. The summed E-state index contributed by atoms with van der Waals surface area (Å²) < 4.78 is 6.72. The Labute approximate surface area is 363 Å². The summed E-state index contributed by atoms with van der Waals surface area (Å²) in [7, 11) is 0. The third kappa shape index (κ3) is 5.49. The van der Waals surface area contributed by atoms with Crippen LogP contribution in [0.3, 0.4) is 0 Å². The van der Waals surface area contributed by atoms with Crippen LogP contribution in [0.1, 0.15) is 49.9 Å². The van der Waals surface area contributed by atoms with Crippen molar-refractivity contribution < 1.29 is 4.42 Å². The van der Waals surface area contributed by atoms with E-state index in [1.807, 2.05) is 0 Å². The Kier molecular flexibility index (Phi) is 7.96. The van der Waals surface area contributed by atoms with Gasteiger partial charge in [-0.1, -0.05) is 167 Å². The van der Waals surface area contributed by atoms with E-state index >= 15 is 0 Å². The van der Waals surface area contributed by atoms with E-state index in [2.05, 4.69) is 233 Å². The van der Waals surface area contributed by atoms with Gasteiger partial charge in [0.25, 0.3) is 0 Å². The predicted molar refractivity (Wildman–Crippen MR) is 260 cm³/mol. The van der Waals surface area contributed by atoms with Crippen molar-refractivity contribution in [3.63, 3.8) is 0 Å². The summed E-state index contributed by atoms with van der Waals surface area (Å²) in [4.78, 5) is 2.40. The fourth-order valence-corrected chi connectivity index (χ4v) is 10.6. The Hall–Kier alpha value is -7.42. The quantitative estimate of drug-likeness (QED) is 0.167. The number of fused-ring (bicyclic) bond motifs is 9. The molecule has 1 heterocycles. The van der Waals surface area contributed by atoms with Crippen LogP contribution in [0.4, 0.5) is 17.1 Å². The summed E-state index contributed by atoms with van der Waals surface area (Å²) >= 11 is 0. The predicted octanol–water partition coefficient (Wildman–Crippen LogP) is 16.7. The van der Waals surface area contributed by atoms with E-state index in [9.17, 15) is 0 Å². The molecule has 2 heteroatoms. The minimum absolute atomic E-state index is 0.0840. The van der Waals surface area contributed by atoms with Crippen molar-refractivity contribution >= 4 is 39.0 Å². The molecule has 0 saturated heterocycles. The highest BCUT2D eigenvalue weighted by Gasteiger charge is 2.37. The summed E-state index contributed by atoms with van der Waals surface area (Å²) in [5, 5.41) is 2.25. The van der Waals surface area contributed by atoms with E-state index in [0.717, 1.165) is 50.1 Å². The first-order valence-corrected chi connectivity index (χ1v) is 21.7. The molecular formula is C60H45NO. The second-order valence-electron chi connectivity index (χ2n) is 18.1. The zero-order valence-electron chi connectivity index (χ0n) is 35.4. The lowest BCUT2D eigenvalue weighted by atomic mass is 9.81. The third-order valence-corrected chi connectivity index (χ3v) is 13.9. The van der Waals surface area contributed by atoms with Crippen molar-refractivity contribution in [2.75, 3.05) is 4.90 Å². The van der Waals surface area contributed by atoms with E-state index in [1.165, 1.54) is 66.8 Å². The molecular weight excluding hydrogens is 751 g/mol. The summed E-state index contributed by atoms with van der Waals surface area (Å²) in [6, 6.07) is 73.5. The normalized spacial score (nSPS) is 14.1. The van der Waals surface area contributed by atoms with E-state index in [-0.39, 0.29) is 10.8 Å². The Morgan fingerprint density at radius 2 is 0.823 bits per heavy atom. The van der Waals surface area contributed by atoms with Crippen LogP contribution in [-0.2, 0) is 10.8 Å². The van der Waals surface area contributed by atoms with Gasteiger partial charge in [-0.3, -0.25) is 0 Å². The van der Waals surface area contributed by atoms with Crippen molar-refractivity contribution in [2.24, 2.45) is 0 Å². The van der Waals surface area contributed by atoms with Gasteiger partial charge < -0.3 is 9.32 Å². The highest BCUT2D eigenvalue weighted by atomic mass is 16.3. The second-order valence-corrected chi connectivity index (χ2v) is 18.1. The third-order valence-electron chi connectivity index (χ3n) is 13.9. The molecule has 0 amide bonds. The van der Waals surface area contributed by atoms with E-state index < -0.39 is 0 Å². The van der Waals surface area contributed by atoms with Crippen LogP contribution in [0.15, 0.2) is 205 Å². The van der Waals surface area contributed by atoms with Gasteiger partial charge in [-0.15, -0.1) is 0 Å². The Morgan fingerprint density at radius 1 is 0.323 bits per heavy atom. The molecule has 0 atom stereocenters. The zero-order valence-corrected chi connectivity index (χ0v) is 35.4. The average molecular weight is 796 g/mol. The molecule has 12 rings (SSSR count). The van der Waals surface area contributed by atoms with Gasteiger partial charge in [0.2, 0.25) is 0 Å². The largest absolute Gasteiger partial charge is 0.455 e. The molecule has 0 fully saturated rings. The average Bonchev–Trinajstić information content (AvgIpc) is 3.89. The van der Waals surface area contributed by atoms with Crippen LogP contribution in [-0.4, -0.2) is 0 Å². The maximum absolute atomic E-state index is 6.72. The van der Waals surface area contributed by atoms with Gasteiger partial charge in [0.1, 0.15) is 11.2 Å². The first kappa shape index (κ1) is 36.4. The van der Waals surface area contributed by atoms with Gasteiger partial charge in [-0.2, -0.15) is 0 Å². The highest BCUT2D eigenvalue weighted by molar-refractivity contribution is 6.11. The van der Waals surface area contributed by atoms with E-state index in [1.54, 1.807) is 0 Å². The van der Waals surface area contributed by atoms with E-state index in [0.29, 0.717) is 0 Å². The molecule has 0 aliphatic heterocycles. The Bertz CT molecular complexity index is 3390. The highest BCUT2D eigenvalue weighted by Crippen LogP contribution is 2.52. The number of benzene rings is 9. The van der Waals surface area contributed by atoms with Crippen molar-refractivity contribution in [3.05, 3.63) is 222 Å². The molecule has 0 N–H and O–H groups in total. The monoisotopic (exact) mass is 795 g/mol. The first-order valence-electron chi connectivity index (χ1n) is 21.7. The van der Waals surface area contributed by atoms with Crippen LogP contribution in [0.5, 0.6) is 0 Å². The van der Waals surface area contributed by atoms with Gasteiger partial charge in [-0.05, 0) is 133 Å². The molecule has 0 spiro atoms.